The highest BCUT2D eigenvalue weighted by molar-refractivity contribution is 7.89. The summed E-state index contributed by atoms with van der Waals surface area (Å²) < 4.78 is 27.9. The number of aryl methyl sites for hydroxylation is 1. The molecule has 116 valence electrons. The summed E-state index contributed by atoms with van der Waals surface area (Å²) in [4.78, 5) is 0.431. The molecule has 1 spiro atoms. The Morgan fingerprint density at radius 2 is 1.76 bits per heavy atom. The number of hydrogen-bond acceptors (Lipinski definition) is 3. The molecule has 1 heterocycles. The van der Waals surface area contributed by atoms with E-state index in [0.717, 1.165) is 44.3 Å². The molecule has 4 nitrogen and oxygen atoms in total. The Morgan fingerprint density at radius 1 is 1.10 bits per heavy atom. The van der Waals surface area contributed by atoms with Gasteiger partial charge in [0.2, 0.25) is 10.0 Å². The Kier molecular flexibility index (Phi) is 4.08. The van der Waals surface area contributed by atoms with Gasteiger partial charge in [0.1, 0.15) is 0 Å². The summed E-state index contributed by atoms with van der Waals surface area (Å²) >= 11 is 0. The van der Waals surface area contributed by atoms with Gasteiger partial charge < -0.3 is 5.32 Å². The lowest BCUT2D eigenvalue weighted by atomic mass is 9.80. The first kappa shape index (κ1) is 15.0. The minimum absolute atomic E-state index is 0.208. The molecule has 0 bridgehead atoms. The molecule has 1 aromatic rings. The van der Waals surface area contributed by atoms with Crippen LogP contribution in [0.5, 0.6) is 0 Å². The Morgan fingerprint density at radius 3 is 2.43 bits per heavy atom. The van der Waals surface area contributed by atoms with Crippen molar-refractivity contribution >= 4 is 10.0 Å². The molecule has 1 saturated heterocycles. The van der Waals surface area contributed by atoms with Crippen molar-refractivity contribution in [2.45, 2.75) is 49.5 Å². The third kappa shape index (κ3) is 2.74. The Balaban J connectivity index is 1.97. The summed E-state index contributed by atoms with van der Waals surface area (Å²) in [7, 11) is -3.39. The number of nitrogens with zero attached hydrogens (tertiary/aromatic N) is 1. The molecule has 0 amide bonds. The molecule has 0 aromatic heterocycles. The fourth-order valence-electron chi connectivity index (χ4n) is 3.68. The molecule has 21 heavy (non-hydrogen) atoms. The van der Waals surface area contributed by atoms with E-state index in [1.807, 2.05) is 19.1 Å². The fourth-order valence-corrected chi connectivity index (χ4v) is 5.50. The van der Waals surface area contributed by atoms with E-state index in [1.54, 1.807) is 16.4 Å². The van der Waals surface area contributed by atoms with E-state index < -0.39 is 10.0 Å². The molecule has 0 atom stereocenters. The number of sulfonamides is 1. The van der Waals surface area contributed by atoms with Crippen LogP contribution in [-0.2, 0) is 10.0 Å². The lowest BCUT2D eigenvalue weighted by molar-refractivity contribution is 0.101. The zero-order valence-corrected chi connectivity index (χ0v) is 13.5. The summed E-state index contributed by atoms with van der Waals surface area (Å²) in [6, 6.07) is 7.23. The largest absolute Gasteiger partial charge is 0.314 e. The molecule has 5 heteroatoms. The van der Waals surface area contributed by atoms with Gasteiger partial charge in [-0.15, -0.1) is 0 Å². The highest BCUT2D eigenvalue weighted by Gasteiger charge is 2.45. The number of benzene rings is 1. The molecule has 1 saturated carbocycles. The molecule has 0 unspecified atom stereocenters. The van der Waals surface area contributed by atoms with Crippen LogP contribution in [0.4, 0.5) is 0 Å². The van der Waals surface area contributed by atoms with E-state index in [0.29, 0.717) is 11.4 Å². The van der Waals surface area contributed by atoms with Gasteiger partial charge in [-0.05, 0) is 31.9 Å². The maximum Gasteiger partial charge on any atom is 0.243 e. The van der Waals surface area contributed by atoms with Crippen molar-refractivity contribution in [1.82, 2.24) is 9.62 Å². The van der Waals surface area contributed by atoms with Crippen molar-refractivity contribution in [1.29, 1.82) is 0 Å². The van der Waals surface area contributed by atoms with Crippen molar-refractivity contribution in [3.8, 4) is 0 Å². The van der Waals surface area contributed by atoms with E-state index in [4.69, 9.17) is 0 Å². The second-order valence-corrected chi connectivity index (χ2v) is 8.21. The minimum atomic E-state index is -3.39. The third-order valence-corrected chi connectivity index (χ3v) is 6.89. The first-order valence-electron chi connectivity index (χ1n) is 7.85. The number of nitrogens with one attached hydrogen (secondary N) is 1. The highest BCUT2D eigenvalue weighted by atomic mass is 32.2. The molecule has 1 N–H and O–H groups in total. The smallest absolute Gasteiger partial charge is 0.243 e. The lowest BCUT2D eigenvalue weighted by Crippen LogP contribution is -2.63. The zero-order valence-electron chi connectivity index (χ0n) is 12.6. The van der Waals surface area contributed by atoms with Gasteiger partial charge in [-0.25, -0.2) is 8.42 Å². The maximum atomic E-state index is 13.1. The second kappa shape index (κ2) is 5.71. The van der Waals surface area contributed by atoms with Crippen LogP contribution < -0.4 is 5.32 Å². The average molecular weight is 308 g/mol. The van der Waals surface area contributed by atoms with E-state index in [9.17, 15) is 8.42 Å². The van der Waals surface area contributed by atoms with Gasteiger partial charge in [-0.1, -0.05) is 37.0 Å². The summed E-state index contributed by atoms with van der Waals surface area (Å²) in [6.45, 7) is 4.09. The van der Waals surface area contributed by atoms with Gasteiger partial charge in [0, 0.05) is 25.2 Å². The van der Waals surface area contributed by atoms with Crippen molar-refractivity contribution in [2.24, 2.45) is 0 Å². The molecule has 1 aliphatic carbocycles. The van der Waals surface area contributed by atoms with Crippen LogP contribution in [0.25, 0.3) is 0 Å². The second-order valence-electron chi connectivity index (χ2n) is 6.35. The van der Waals surface area contributed by atoms with Crippen LogP contribution >= 0.6 is 0 Å². The van der Waals surface area contributed by atoms with Crippen LogP contribution in [0, 0.1) is 6.92 Å². The average Bonchev–Trinajstić information content (AvgIpc) is 2.49. The predicted octanol–water partition coefficient (Wildman–Crippen LogP) is 2.29. The molecule has 0 radical (unpaired) electrons. The van der Waals surface area contributed by atoms with Crippen LogP contribution in [0.2, 0.25) is 0 Å². The number of hydrogen-bond donors (Lipinski definition) is 1. The van der Waals surface area contributed by atoms with Gasteiger partial charge in [0.15, 0.2) is 0 Å². The van der Waals surface area contributed by atoms with Gasteiger partial charge in [-0.2, -0.15) is 4.31 Å². The van der Waals surface area contributed by atoms with E-state index in [2.05, 4.69) is 5.32 Å². The van der Waals surface area contributed by atoms with Gasteiger partial charge in [0.25, 0.3) is 0 Å². The zero-order chi connectivity index (χ0) is 14.9. The van der Waals surface area contributed by atoms with Crippen molar-refractivity contribution in [3.05, 3.63) is 29.8 Å². The topological polar surface area (TPSA) is 49.4 Å². The minimum Gasteiger partial charge on any atom is -0.314 e. The number of piperazine rings is 1. The SMILES string of the molecule is Cc1ccc(S(=O)(=O)N2CCNCC23CCCCC3)cc1. The molecule has 3 rings (SSSR count). The normalized spacial score (nSPS) is 23.3. The predicted molar refractivity (Wildman–Crippen MR) is 83.8 cm³/mol. The summed E-state index contributed by atoms with van der Waals surface area (Å²) in [5.41, 5.74) is 0.877. The van der Waals surface area contributed by atoms with E-state index in [1.165, 1.54) is 6.42 Å². The van der Waals surface area contributed by atoms with Crippen LogP contribution in [0.15, 0.2) is 29.2 Å². The molecular weight excluding hydrogens is 284 g/mol. The first-order valence-corrected chi connectivity index (χ1v) is 9.29. The van der Waals surface area contributed by atoms with Crippen LogP contribution in [0.1, 0.15) is 37.7 Å². The molecule has 2 fully saturated rings. The first-order chi connectivity index (χ1) is 10.0. The Labute approximate surface area is 127 Å². The van der Waals surface area contributed by atoms with Crippen molar-refractivity contribution < 1.29 is 8.42 Å². The molecule has 2 aliphatic rings. The van der Waals surface area contributed by atoms with E-state index >= 15 is 0 Å². The Bertz CT molecular complexity index is 581. The quantitative estimate of drug-likeness (QED) is 0.912. The summed E-state index contributed by atoms with van der Waals surface area (Å²) in [6.07, 6.45) is 5.43. The fraction of sp³-hybridized carbons (Fsp3) is 0.625. The third-order valence-electron chi connectivity index (χ3n) is 4.87. The van der Waals surface area contributed by atoms with Gasteiger partial charge >= 0.3 is 0 Å². The monoisotopic (exact) mass is 308 g/mol. The highest BCUT2D eigenvalue weighted by Crippen LogP contribution is 2.37. The van der Waals surface area contributed by atoms with Crippen LogP contribution in [-0.4, -0.2) is 37.9 Å². The number of rotatable bonds is 2. The van der Waals surface area contributed by atoms with Crippen molar-refractivity contribution in [3.63, 3.8) is 0 Å². The molecule has 1 aromatic carbocycles. The Hall–Kier alpha value is -0.910. The van der Waals surface area contributed by atoms with Crippen molar-refractivity contribution in [2.75, 3.05) is 19.6 Å². The van der Waals surface area contributed by atoms with Gasteiger partial charge in [0.05, 0.1) is 4.90 Å². The lowest BCUT2D eigenvalue weighted by Gasteiger charge is -2.48. The van der Waals surface area contributed by atoms with Gasteiger partial charge in [-0.3, -0.25) is 0 Å². The summed E-state index contributed by atoms with van der Waals surface area (Å²) in [5.74, 6) is 0. The molecule has 1 aliphatic heterocycles. The summed E-state index contributed by atoms with van der Waals surface area (Å²) in [5, 5.41) is 3.40. The standard InChI is InChI=1S/C16H24N2O2S/c1-14-5-7-15(8-6-14)21(19,20)18-12-11-17-13-16(18)9-3-2-4-10-16/h5-8,17H,2-4,9-13H2,1H3. The van der Waals surface area contributed by atoms with Crippen LogP contribution in [0.3, 0.4) is 0 Å². The van der Waals surface area contributed by atoms with E-state index in [-0.39, 0.29) is 5.54 Å². The maximum absolute atomic E-state index is 13.1. The molecular formula is C16H24N2O2S.